The minimum atomic E-state index is -0.466. The number of carbonyl (C=O) groups is 3. The maximum Gasteiger partial charge on any atom is 0.308 e. The second-order valence-electron chi connectivity index (χ2n) is 15.8. The molecule has 0 aliphatic heterocycles. The third kappa shape index (κ3) is 27.6. The molecule has 0 unspecified atom stereocenters. The van der Waals surface area contributed by atoms with Crippen molar-refractivity contribution in [1.29, 1.82) is 0 Å². The van der Waals surface area contributed by atoms with Crippen molar-refractivity contribution in [3.8, 4) is 0 Å². The molecule has 1 aliphatic carbocycles. The molecule has 0 atom stereocenters. The minimum Gasteiger partial charge on any atom is -0.465 e. The summed E-state index contributed by atoms with van der Waals surface area (Å²) in [6, 6.07) is 0. The number of carbonyl (C=O) groups excluding carboxylic acids is 3. The molecule has 0 aromatic heterocycles. The van der Waals surface area contributed by atoms with Gasteiger partial charge < -0.3 is 14.2 Å². The van der Waals surface area contributed by atoms with Crippen LogP contribution in [0.5, 0.6) is 0 Å². The maximum atomic E-state index is 13.2. The van der Waals surface area contributed by atoms with Gasteiger partial charge in [0.1, 0.15) is 0 Å². The Morgan fingerprint density at radius 1 is 0.314 bits per heavy atom. The van der Waals surface area contributed by atoms with Gasteiger partial charge in [0.25, 0.3) is 0 Å². The van der Waals surface area contributed by atoms with Gasteiger partial charge in [-0.25, -0.2) is 0 Å². The zero-order valence-corrected chi connectivity index (χ0v) is 34.1. The van der Waals surface area contributed by atoms with E-state index in [0.717, 1.165) is 38.5 Å². The van der Waals surface area contributed by atoms with Crippen molar-refractivity contribution in [3.63, 3.8) is 0 Å². The first kappa shape index (κ1) is 47.4. The average Bonchev–Trinajstić information content (AvgIpc) is 3.14. The van der Waals surface area contributed by atoms with Gasteiger partial charge in [0.05, 0.1) is 37.6 Å². The molecule has 0 saturated heterocycles. The summed E-state index contributed by atoms with van der Waals surface area (Å²) in [5, 5.41) is 0. The van der Waals surface area contributed by atoms with Crippen molar-refractivity contribution in [2.75, 3.05) is 19.8 Å². The monoisotopic (exact) mass is 721 g/mol. The number of rotatable bonds is 36. The van der Waals surface area contributed by atoms with Gasteiger partial charge in [-0.05, 0) is 38.5 Å². The van der Waals surface area contributed by atoms with E-state index in [9.17, 15) is 14.4 Å². The lowest BCUT2D eigenvalue weighted by molar-refractivity contribution is -0.161. The molecule has 1 aliphatic rings. The van der Waals surface area contributed by atoms with E-state index in [1.54, 1.807) is 0 Å². The predicted molar refractivity (Wildman–Crippen MR) is 213 cm³/mol. The van der Waals surface area contributed by atoms with Crippen LogP contribution in [0.2, 0.25) is 0 Å². The molecule has 6 nitrogen and oxygen atoms in total. The van der Waals surface area contributed by atoms with Crippen LogP contribution in [0, 0.1) is 17.8 Å². The number of hydrogen-bond donors (Lipinski definition) is 0. The quantitative estimate of drug-likeness (QED) is 0.0364. The summed E-state index contributed by atoms with van der Waals surface area (Å²) >= 11 is 0. The van der Waals surface area contributed by atoms with Crippen LogP contribution in [0.1, 0.15) is 233 Å². The van der Waals surface area contributed by atoms with E-state index in [4.69, 9.17) is 14.2 Å². The maximum absolute atomic E-state index is 13.2. The molecule has 0 radical (unpaired) electrons. The van der Waals surface area contributed by atoms with Gasteiger partial charge in [0, 0.05) is 0 Å². The molecule has 6 heteroatoms. The topological polar surface area (TPSA) is 78.9 Å². The molecule has 1 saturated carbocycles. The molecule has 1 fully saturated rings. The average molecular weight is 721 g/mol. The molecule has 0 N–H and O–H groups in total. The fourth-order valence-electron chi connectivity index (χ4n) is 7.54. The SMILES string of the molecule is CCCCCCCCCCCCOC(=O)C1CC(C(=O)OCCCCCCCCCCCC)CC(C(=O)OCCCCCCCCCCCC)C1. The van der Waals surface area contributed by atoms with Gasteiger partial charge in [-0.1, -0.05) is 194 Å². The van der Waals surface area contributed by atoms with E-state index < -0.39 is 17.8 Å². The zero-order valence-electron chi connectivity index (χ0n) is 34.1. The van der Waals surface area contributed by atoms with Crippen LogP contribution in [0.4, 0.5) is 0 Å². The highest BCUT2D eigenvalue weighted by Gasteiger charge is 2.41. The van der Waals surface area contributed by atoms with E-state index >= 15 is 0 Å². The Morgan fingerprint density at radius 3 is 0.686 bits per heavy atom. The van der Waals surface area contributed by atoms with Crippen molar-refractivity contribution < 1.29 is 28.6 Å². The normalized spacial score (nSPS) is 17.4. The van der Waals surface area contributed by atoms with E-state index in [-0.39, 0.29) is 17.9 Å². The van der Waals surface area contributed by atoms with Crippen LogP contribution in [-0.2, 0) is 28.6 Å². The van der Waals surface area contributed by atoms with Gasteiger partial charge >= 0.3 is 17.9 Å². The molecule has 0 heterocycles. The van der Waals surface area contributed by atoms with Gasteiger partial charge in [-0.15, -0.1) is 0 Å². The highest BCUT2D eigenvalue weighted by molar-refractivity contribution is 5.80. The Labute approximate surface area is 316 Å². The summed E-state index contributed by atoms with van der Waals surface area (Å²) in [6.07, 6.45) is 38.0. The zero-order chi connectivity index (χ0) is 37.0. The summed E-state index contributed by atoms with van der Waals surface area (Å²) in [6.45, 7) is 7.98. The highest BCUT2D eigenvalue weighted by Crippen LogP contribution is 2.36. The van der Waals surface area contributed by atoms with Crippen molar-refractivity contribution >= 4 is 17.9 Å². The Kier molecular flexibility index (Phi) is 33.0. The summed E-state index contributed by atoms with van der Waals surface area (Å²) in [4.78, 5) is 39.6. The van der Waals surface area contributed by atoms with Gasteiger partial charge in [0.15, 0.2) is 0 Å². The number of unbranched alkanes of at least 4 members (excludes halogenated alkanes) is 27. The van der Waals surface area contributed by atoms with Crippen LogP contribution in [0.25, 0.3) is 0 Å². The van der Waals surface area contributed by atoms with Crippen molar-refractivity contribution in [2.45, 2.75) is 233 Å². The predicted octanol–water partition coefficient (Wildman–Crippen LogP) is 13.4. The van der Waals surface area contributed by atoms with E-state index in [1.165, 1.54) is 154 Å². The standard InChI is InChI=1S/C45H84O6/c1-4-7-10-13-16-19-22-25-28-31-34-49-43(46)40-37-41(44(47)50-35-32-29-26-23-20-17-14-11-8-5-2)39-42(38-40)45(48)51-36-33-30-27-24-21-18-15-12-9-6-3/h40-42H,4-39H2,1-3H3. The molecule has 1 rings (SSSR count). The van der Waals surface area contributed by atoms with Gasteiger partial charge in [0.2, 0.25) is 0 Å². The molecule has 0 spiro atoms. The largest absolute Gasteiger partial charge is 0.465 e. The third-order valence-electron chi connectivity index (χ3n) is 10.9. The summed E-state index contributed by atoms with van der Waals surface area (Å²) in [5.74, 6) is -2.22. The molecular formula is C45H84O6. The Hall–Kier alpha value is -1.59. The molecule has 0 bridgehead atoms. The van der Waals surface area contributed by atoms with E-state index in [2.05, 4.69) is 20.8 Å². The molecule has 0 amide bonds. The second kappa shape index (κ2) is 35.4. The van der Waals surface area contributed by atoms with Crippen LogP contribution in [0.3, 0.4) is 0 Å². The van der Waals surface area contributed by atoms with Crippen LogP contribution in [-0.4, -0.2) is 37.7 Å². The molecule has 0 aromatic rings. The summed E-state index contributed by atoms with van der Waals surface area (Å²) in [7, 11) is 0. The van der Waals surface area contributed by atoms with Gasteiger partial charge in [-0.3, -0.25) is 14.4 Å². The van der Waals surface area contributed by atoms with Crippen LogP contribution in [0.15, 0.2) is 0 Å². The Bertz CT molecular complexity index is 702. The van der Waals surface area contributed by atoms with Gasteiger partial charge in [-0.2, -0.15) is 0 Å². The first-order chi connectivity index (χ1) is 25.0. The first-order valence-electron chi connectivity index (χ1n) is 22.5. The van der Waals surface area contributed by atoms with E-state index in [0.29, 0.717) is 39.1 Å². The lowest BCUT2D eigenvalue weighted by atomic mass is 9.75. The molecule has 51 heavy (non-hydrogen) atoms. The molecule has 0 aromatic carbocycles. The Morgan fingerprint density at radius 2 is 0.490 bits per heavy atom. The first-order valence-corrected chi connectivity index (χ1v) is 22.5. The fourth-order valence-corrected chi connectivity index (χ4v) is 7.54. The number of ether oxygens (including phenoxy) is 3. The van der Waals surface area contributed by atoms with E-state index in [1.807, 2.05) is 0 Å². The third-order valence-corrected chi connectivity index (χ3v) is 10.9. The second-order valence-corrected chi connectivity index (χ2v) is 15.8. The highest BCUT2D eigenvalue weighted by atomic mass is 16.5. The van der Waals surface area contributed by atoms with Crippen molar-refractivity contribution in [2.24, 2.45) is 17.8 Å². The van der Waals surface area contributed by atoms with Crippen molar-refractivity contribution in [3.05, 3.63) is 0 Å². The Balaban J connectivity index is 2.44. The lowest BCUT2D eigenvalue weighted by Gasteiger charge is -2.31. The summed E-state index contributed by atoms with van der Waals surface area (Å²) in [5.41, 5.74) is 0. The van der Waals surface area contributed by atoms with Crippen LogP contribution >= 0.6 is 0 Å². The number of esters is 3. The lowest BCUT2D eigenvalue weighted by Crippen LogP contribution is -2.37. The minimum absolute atomic E-state index is 0.273. The smallest absolute Gasteiger partial charge is 0.308 e. The molecular weight excluding hydrogens is 636 g/mol. The van der Waals surface area contributed by atoms with Crippen LogP contribution < -0.4 is 0 Å². The molecule has 300 valence electrons. The number of hydrogen-bond acceptors (Lipinski definition) is 6. The summed E-state index contributed by atoms with van der Waals surface area (Å²) < 4.78 is 17.1. The van der Waals surface area contributed by atoms with Crippen molar-refractivity contribution in [1.82, 2.24) is 0 Å². The fraction of sp³-hybridized carbons (Fsp3) is 0.933.